The van der Waals surface area contributed by atoms with E-state index >= 15 is 0 Å². The van der Waals surface area contributed by atoms with Gasteiger partial charge in [0.1, 0.15) is 11.5 Å². The predicted molar refractivity (Wildman–Crippen MR) is 101 cm³/mol. The Balaban J connectivity index is 2.24. The van der Waals surface area contributed by atoms with Gasteiger partial charge in [-0.05, 0) is 42.3 Å². The summed E-state index contributed by atoms with van der Waals surface area (Å²) in [4.78, 5) is 0. The maximum Gasteiger partial charge on any atom is 0.217 e. The zero-order valence-electron chi connectivity index (χ0n) is 15.3. The normalized spacial score (nSPS) is 12.8. The molecule has 0 aliphatic carbocycles. The van der Waals surface area contributed by atoms with E-state index in [1.165, 1.54) is 11.2 Å². The quantitative estimate of drug-likeness (QED) is 0.724. The Bertz CT molecular complexity index is 736. The molecule has 0 aromatic heterocycles. The molecule has 7 heteroatoms. The van der Waals surface area contributed by atoms with Gasteiger partial charge in [0.25, 0.3) is 0 Å². The van der Waals surface area contributed by atoms with E-state index in [9.17, 15) is 13.5 Å². The van der Waals surface area contributed by atoms with E-state index in [2.05, 4.69) is 0 Å². The van der Waals surface area contributed by atoms with Crippen LogP contribution in [0.25, 0.3) is 0 Å². The molecule has 0 bridgehead atoms. The standard InChI is InChI=1S/C19H25NO5S/c1-15(21)14-26(22,23)20(12-16-4-8-18(24-2)9-5-16)13-17-6-10-19(25-3)11-7-17/h4-11,15,21H,12-14H2,1-3H3. The Morgan fingerprint density at radius 3 is 1.58 bits per heavy atom. The largest absolute Gasteiger partial charge is 0.497 e. The molecule has 0 aliphatic heterocycles. The van der Waals surface area contributed by atoms with Gasteiger partial charge in [0, 0.05) is 13.1 Å². The van der Waals surface area contributed by atoms with E-state index in [0.717, 1.165) is 11.1 Å². The van der Waals surface area contributed by atoms with Gasteiger partial charge in [0.15, 0.2) is 0 Å². The molecule has 0 saturated heterocycles. The van der Waals surface area contributed by atoms with E-state index in [0.29, 0.717) is 11.5 Å². The molecule has 1 atom stereocenters. The molecule has 1 unspecified atom stereocenters. The highest BCUT2D eigenvalue weighted by Crippen LogP contribution is 2.19. The molecule has 0 aliphatic rings. The van der Waals surface area contributed by atoms with Crippen molar-refractivity contribution < 1.29 is 23.0 Å². The first-order chi connectivity index (χ1) is 12.3. The molecule has 142 valence electrons. The summed E-state index contributed by atoms with van der Waals surface area (Å²) >= 11 is 0. The van der Waals surface area contributed by atoms with Gasteiger partial charge in [0.2, 0.25) is 10.0 Å². The van der Waals surface area contributed by atoms with Gasteiger partial charge in [-0.2, -0.15) is 4.31 Å². The number of nitrogens with zero attached hydrogens (tertiary/aromatic N) is 1. The first-order valence-electron chi connectivity index (χ1n) is 8.26. The van der Waals surface area contributed by atoms with Crippen LogP contribution >= 0.6 is 0 Å². The molecular formula is C19H25NO5S. The minimum atomic E-state index is -3.63. The number of ether oxygens (including phenoxy) is 2. The summed E-state index contributed by atoms with van der Waals surface area (Å²) in [6.07, 6.45) is -0.936. The van der Waals surface area contributed by atoms with Gasteiger partial charge in [-0.25, -0.2) is 8.42 Å². The van der Waals surface area contributed by atoms with Crippen molar-refractivity contribution >= 4 is 10.0 Å². The molecule has 0 saturated carbocycles. The monoisotopic (exact) mass is 379 g/mol. The lowest BCUT2D eigenvalue weighted by Gasteiger charge is -2.23. The Hall–Kier alpha value is -2.09. The van der Waals surface area contributed by atoms with Crippen molar-refractivity contribution in [1.29, 1.82) is 0 Å². The van der Waals surface area contributed by atoms with Gasteiger partial charge >= 0.3 is 0 Å². The number of rotatable bonds is 9. The van der Waals surface area contributed by atoms with E-state index in [-0.39, 0.29) is 18.8 Å². The van der Waals surface area contributed by atoms with Crippen LogP contribution < -0.4 is 9.47 Å². The fourth-order valence-electron chi connectivity index (χ4n) is 2.53. The van der Waals surface area contributed by atoms with Crippen LogP contribution in [0, 0.1) is 0 Å². The van der Waals surface area contributed by atoms with Crippen LogP contribution in [0.1, 0.15) is 18.1 Å². The number of aliphatic hydroxyl groups excluding tert-OH is 1. The maximum atomic E-state index is 12.7. The van der Waals surface area contributed by atoms with Gasteiger partial charge in [0.05, 0.1) is 26.1 Å². The number of hydrogen-bond donors (Lipinski definition) is 1. The molecule has 26 heavy (non-hydrogen) atoms. The first kappa shape index (κ1) is 20.2. The number of methoxy groups -OCH3 is 2. The molecule has 2 aromatic carbocycles. The van der Waals surface area contributed by atoms with Crippen LogP contribution in [0.4, 0.5) is 0 Å². The van der Waals surface area contributed by atoms with E-state index in [1.54, 1.807) is 38.5 Å². The number of aliphatic hydroxyl groups is 1. The third-order valence-corrected chi connectivity index (χ3v) is 5.83. The summed E-state index contributed by atoms with van der Waals surface area (Å²) in [5, 5.41) is 9.57. The van der Waals surface area contributed by atoms with Crippen molar-refractivity contribution in [3.63, 3.8) is 0 Å². The average molecular weight is 379 g/mol. The number of benzene rings is 2. The van der Waals surface area contributed by atoms with Crippen LogP contribution in [-0.4, -0.2) is 43.9 Å². The van der Waals surface area contributed by atoms with E-state index in [1.807, 2.05) is 24.3 Å². The summed E-state index contributed by atoms with van der Waals surface area (Å²) in [5.74, 6) is 1.10. The van der Waals surface area contributed by atoms with Crippen molar-refractivity contribution in [3.8, 4) is 11.5 Å². The van der Waals surface area contributed by atoms with Gasteiger partial charge < -0.3 is 14.6 Å². The lowest BCUT2D eigenvalue weighted by Crippen LogP contribution is -2.35. The lowest BCUT2D eigenvalue weighted by molar-refractivity contribution is 0.215. The zero-order chi connectivity index (χ0) is 19.2. The van der Waals surface area contributed by atoms with E-state index in [4.69, 9.17) is 9.47 Å². The lowest BCUT2D eigenvalue weighted by atomic mass is 10.2. The third kappa shape index (κ3) is 5.72. The first-order valence-corrected chi connectivity index (χ1v) is 9.86. The zero-order valence-corrected chi connectivity index (χ0v) is 16.1. The Labute approximate surface area is 155 Å². The van der Waals surface area contributed by atoms with Crippen LogP contribution in [0.5, 0.6) is 11.5 Å². The molecule has 2 aromatic rings. The highest BCUT2D eigenvalue weighted by molar-refractivity contribution is 7.89. The van der Waals surface area contributed by atoms with Gasteiger partial charge in [-0.3, -0.25) is 0 Å². The van der Waals surface area contributed by atoms with Crippen LogP contribution in [0.3, 0.4) is 0 Å². The molecule has 0 radical (unpaired) electrons. The average Bonchev–Trinajstić information content (AvgIpc) is 2.61. The Kier molecular flexibility index (Phi) is 7.02. The molecule has 0 heterocycles. The van der Waals surface area contributed by atoms with Crippen LogP contribution in [0.2, 0.25) is 0 Å². The van der Waals surface area contributed by atoms with Crippen molar-refractivity contribution in [2.24, 2.45) is 0 Å². The smallest absolute Gasteiger partial charge is 0.217 e. The van der Waals surface area contributed by atoms with Crippen molar-refractivity contribution in [2.45, 2.75) is 26.1 Å². The number of sulfonamides is 1. The summed E-state index contributed by atoms with van der Waals surface area (Å²) in [5.41, 5.74) is 1.68. The topological polar surface area (TPSA) is 76.1 Å². The second kappa shape index (κ2) is 9.02. The molecular weight excluding hydrogens is 354 g/mol. The maximum absolute atomic E-state index is 12.7. The molecule has 1 N–H and O–H groups in total. The van der Waals surface area contributed by atoms with Gasteiger partial charge in [-0.15, -0.1) is 0 Å². The Morgan fingerprint density at radius 2 is 1.27 bits per heavy atom. The fourth-order valence-corrected chi connectivity index (χ4v) is 4.04. The second-order valence-corrected chi connectivity index (χ2v) is 8.11. The highest BCUT2D eigenvalue weighted by atomic mass is 32.2. The molecule has 0 fully saturated rings. The second-order valence-electron chi connectivity index (χ2n) is 6.09. The molecule has 0 spiro atoms. The van der Waals surface area contributed by atoms with E-state index < -0.39 is 16.1 Å². The summed E-state index contributed by atoms with van der Waals surface area (Å²) in [6, 6.07) is 14.5. The number of hydrogen-bond acceptors (Lipinski definition) is 5. The van der Waals surface area contributed by atoms with Crippen LogP contribution in [-0.2, 0) is 23.1 Å². The van der Waals surface area contributed by atoms with Crippen LogP contribution in [0.15, 0.2) is 48.5 Å². The SMILES string of the molecule is COc1ccc(CN(Cc2ccc(OC)cc2)S(=O)(=O)CC(C)O)cc1. The predicted octanol–water partition coefficient (Wildman–Crippen LogP) is 2.42. The van der Waals surface area contributed by atoms with Gasteiger partial charge in [-0.1, -0.05) is 24.3 Å². The minimum absolute atomic E-state index is 0.213. The van der Waals surface area contributed by atoms with Crippen molar-refractivity contribution in [2.75, 3.05) is 20.0 Å². The Morgan fingerprint density at radius 1 is 0.885 bits per heavy atom. The fraction of sp³-hybridized carbons (Fsp3) is 0.368. The molecule has 2 rings (SSSR count). The summed E-state index contributed by atoms with van der Waals surface area (Å²) in [6.45, 7) is 1.90. The van der Waals surface area contributed by atoms with Crippen molar-refractivity contribution in [1.82, 2.24) is 4.31 Å². The molecule has 6 nitrogen and oxygen atoms in total. The molecule has 0 amide bonds. The summed E-state index contributed by atoms with van der Waals surface area (Å²) in [7, 11) is -0.466. The summed E-state index contributed by atoms with van der Waals surface area (Å²) < 4.78 is 37.1. The highest BCUT2D eigenvalue weighted by Gasteiger charge is 2.24. The third-order valence-electron chi connectivity index (χ3n) is 3.88. The van der Waals surface area contributed by atoms with Crippen molar-refractivity contribution in [3.05, 3.63) is 59.7 Å². The minimum Gasteiger partial charge on any atom is -0.497 e.